The average Bonchev–Trinajstić information content (AvgIpc) is 3.31. The Bertz CT molecular complexity index is 1570. The van der Waals surface area contributed by atoms with Crippen molar-refractivity contribution in [3.05, 3.63) is 117 Å². The summed E-state index contributed by atoms with van der Waals surface area (Å²) >= 11 is 8.44. The van der Waals surface area contributed by atoms with Gasteiger partial charge in [0, 0.05) is 20.2 Å². The fourth-order valence-corrected chi connectivity index (χ4v) is 8.68. The Morgan fingerprint density at radius 2 is 1.62 bits per heavy atom. The van der Waals surface area contributed by atoms with Gasteiger partial charge in [-0.25, -0.2) is 9.97 Å². The van der Waals surface area contributed by atoms with Crippen molar-refractivity contribution in [3.8, 4) is 0 Å². The molecule has 8 heteroatoms. The molecular formula is C29H22BrN3OS3. The van der Waals surface area contributed by atoms with Crippen molar-refractivity contribution in [2.45, 2.75) is 22.1 Å². The molecule has 37 heavy (non-hydrogen) atoms. The van der Waals surface area contributed by atoms with Crippen molar-refractivity contribution in [2.75, 3.05) is 11.5 Å². The normalized spacial score (nSPS) is 17.0. The lowest BCUT2D eigenvalue weighted by Gasteiger charge is -2.30. The molecule has 3 aromatic carbocycles. The van der Waals surface area contributed by atoms with Crippen molar-refractivity contribution in [1.29, 1.82) is 0 Å². The molecule has 184 valence electrons. The average molecular weight is 605 g/mol. The predicted octanol–water partition coefficient (Wildman–Crippen LogP) is 8.13. The van der Waals surface area contributed by atoms with Crippen LogP contribution in [0.1, 0.15) is 42.4 Å². The fraction of sp³-hybridized carbons (Fsp3) is 0.138. The van der Waals surface area contributed by atoms with Gasteiger partial charge in [-0.1, -0.05) is 100 Å². The first-order chi connectivity index (χ1) is 18.1. The van der Waals surface area contributed by atoms with Crippen LogP contribution in [-0.4, -0.2) is 21.5 Å². The third-order valence-electron chi connectivity index (χ3n) is 6.39. The minimum Gasteiger partial charge on any atom is -0.383 e. The van der Waals surface area contributed by atoms with E-state index < -0.39 is 0 Å². The maximum atomic E-state index is 12.7. The largest absolute Gasteiger partial charge is 0.383 e. The van der Waals surface area contributed by atoms with Crippen LogP contribution in [0, 0.1) is 0 Å². The highest BCUT2D eigenvalue weighted by atomic mass is 79.9. The number of aromatic nitrogens is 2. The molecule has 0 radical (unpaired) electrons. The van der Waals surface area contributed by atoms with Crippen LogP contribution in [0.4, 0.5) is 5.82 Å². The van der Waals surface area contributed by atoms with Crippen LogP contribution >= 0.6 is 50.8 Å². The lowest BCUT2D eigenvalue weighted by Crippen LogP contribution is -2.12. The molecule has 0 aliphatic carbocycles. The Balaban J connectivity index is 1.35. The smallest absolute Gasteiger partial charge is 0.191 e. The van der Waals surface area contributed by atoms with E-state index >= 15 is 0 Å². The van der Waals surface area contributed by atoms with Crippen molar-refractivity contribution < 1.29 is 4.79 Å². The van der Waals surface area contributed by atoms with Crippen LogP contribution in [0.25, 0.3) is 10.2 Å². The van der Waals surface area contributed by atoms with Gasteiger partial charge < -0.3 is 5.73 Å². The number of halogens is 1. The van der Waals surface area contributed by atoms with Crippen molar-refractivity contribution >= 4 is 72.6 Å². The molecule has 0 amide bonds. The zero-order valence-electron chi connectivity index (χ0n) is 19.6. The fourth-order valence-electron chi connectivity index (χ4n) is 4.59. The van der Waals surface area contributed by atoms with Crippen molar-refractivity contribution in [3.63, 3.8) is 0 Å². The van der Waals surface area contributed by atoms with Gasteiger partial charge in [-0.05, 0) is 35.2 Å². The highest BCUT2D eigenvalue weighted by Crippen LogP contribution is 2.55. The summed E-state index contributed by atoms with van der Waals surface area (Å²) in [6.45, 7) is 0. The van der Waals surface area contributed by atoms with E-state index in [2.05, 4.69) is 81.6 Å². The van der Waals surface area contributed by atoms with E-state index in [9.17, 15) is 4.79 Å². The Labute approximate surface area is 236 Å². The minimum atomic E-state index is 0.0384. The molecule has 2 N–H and O–H groups in total. The van der Waals surface area contributed by atoms with E-state index in [1.165, 1.54) is 33.3 Å². The van der Waals surface area contributed by atoms with Crippen LogP contribution in [-0.2, 0) is 6.42 Å². The number of nitrogens with two attached hydrogens (primary N) is 1. The molecule has 3 heterocycles. The number of rotatable bonds is 6. The number of thiophene rings is 1. The van der Waals surface area contributed by atoms with Gasteiger partial charge in [-0.15, -0.1) is 23.1 Å². The van der Waals surface area contributed by atoms with Crippen LogP contribution < -0.4 is 5.73 Å². The quantitative estimate of drug-likeness (QED) is 0.120. The lowest BCUT2D eigenvalue weighted by atomic mass is 9.98. The van der Waals surface area contributed by atoms with Gasteiger partial charge in [0.15, 0.2) is 10.9 Å². The number of benzene rings is 3. The van der Waals surface area contributed by atoms with Gasteiger partial charge in [0.25, 0.3) is 0 Å². The van der Waals surface area contributed by atoms with Gasteiger partial charge >= 0.3 is 0 Å². The second kappa shape index (κ2) is 10.6. The van der Waals surface area contributed by atoms with Crippen molar-refractivity contribution in [2.24, 2.45) is 0 Å². The summed E-state index contributed by atoms with van der Waals surface area (Å²) in [5.74, 6) is 0.791. The molecule has 0 saturated carbocycles. The van der Waals surface area contributed by atoms with E-state index in [0.29, 0.717) is 21.8 Å². The molecule has 0 unspecified atom stereocenters. The molecule has 0 fully saturated rings. The third-order valence-corrected chi connectivity index (χ3v) is 10.7. The Morgan fingerprint density at radius 1 is 0.946 bits per heavy atom. The number of nitrogen functional groups attached to an aromatic ring is 1. The number of fused-ring (bicyclic) bond motifs is 3. The first kappa shape index (κ1) is 24.7. The SMILES string of the molecule is Nc1nc(SCC(=O)c2ccc(Br)cc2)nc2sc3c(c12)C[C@H](c1ccccc1)S[C@H]3c1ccccc1. The Hall–Kier alpha value is -2.65. The summed E-state index contributed by atoms with van der Waals surface area (Å²) < 4.78 is 0.946. The van der Waals surface area contributed by atoms with E-state index in [4.69, 9.17) is 10.7 Å². The number of thioether (sulfide) groups is 2. The van der Waals surface area contributed by atoms with Crippen LogP contribution in [0.5, 0.6) is 0 Å². The minimum absolute atomic E-state index is 0.0384. The topological polar surface area (TPSA) is 68.9 Å². The highest BCUT2D eigenvalue weighted by molar-refractivity contribution is 9.10. The van der Waals surface area contributed by atoms with Crippen molar-refractivity contribution in [1.82, 2.24) is 9.97 Å². The summed E-state index contributed by atoms with van der Waals surface area (Å²) in [5.41, 5.74) is 11.1. The third kappa shape index (κ3) is 5.08. The molecule has 2 atom stereocenters. The highest BCUT2D eigenvalue weighted by Gasteiger charge is 2.34. The lowest BCUT2D eigenvalue weighted by molar-refractivity contribution is 0.102. The number of nitrogens with zero attached hydrogens (tertiary/aromatic N) is 2. The van der Waals surface area contributed by atoms with Crippen LogP contribution in [0.15, 0.2) is 94.6 Å². The number of carbonyl (C=O) groups is 1. The number of ketones is 1. The van der Waals surface area contributed by atoms with Gasteiger partial charge in [0.1, 0.15) is 10.6 Å². The second-order valence-electron chi connectivity index (χ2n) is 8.77. The Kier molecular flexibility index (Phi) is 7.08. The van der Waals surface area contributed by atoms with E-state index in [1.54, 1.807) is 11.3 Å². The first-order valence-electron chi connectivity index (χ1n) is 11.8. The summed E-state index contributed by atoms with van der Waals surface area (Å²) in [4.78, 5) is 24.4. The number of anilines is 1. The predicted molar refractivity (Wildman–Crippen MR) is 160 cm³/mol. The van der Waals surface area contributed by atoms with Gasteiger partial charge in [0.2, 0.25) is 0 Å². The number of hydrogen-bond donors (Lipinski definition) is 1. The maximum absolute atomic E-state index is 12.7. The summed E-state index contributed by atoms with van der Waals surface area (Å²) in [6, 6.07) is 28.7. The zero-order valence-corrected chi connectivity index (χ0v) is 23.7. The molecule has 0 saturated heterocycles. The standard InChI is InChI=1S/C29H22BrN3OS3/c30-20-13-11-17(12-14-20)22(34)16-35-29-32-27(31)24-21-15-23(18-7-3-1-4-8-18)36-25(19-9-5-2-6-10-19)26(21)37-28(24)33-29/h1-14,23,25H,15-16H2,(H2,31,32,33)/t23-,25+/m1/s1. The van der Waals surface area contributed by atoms with E-state index in [-0.39, 0.29) is 16.8 Å². The molecule has 1 aliphatic heterocycles. The van der Waals surface area contributed by atoms with Gasteiger partial charge in [-0.3, -0.25) is 4.79 Å². The molecule has 6 rings (SSSR count). The summed E-state index contributed by atoms with van der Waals surface area (Å²) in [7, 11) is 0. The molecule has 4 nitrogen and oxygen atoms in total. The van der Waals surface area contributed by atoms with Gasteiger partial charge in [-0.2, -0.15) is 0 Å². The molecule has 0 spiro atoms. The maximum Gasteiger partial charge on any atom is 0.191 e. The number of carbonyl (C=O) groups excluding carboxylic acids is 1. The molecular weight excluding hydrogens is 582 g/mol. The molecule has 2 aromatic heterocycles. The summed E-state index contributed by atoms with van der Waals surface area (Å²) in [6.07, 6.45) is 0.884. The first-order valence-corrected chi connectivity index (χ1v) is 15.4. The van der Waals surface area contributed by atoms with E-state index in [0.717, 1.165) is 21.1 Å². The molecule has 5 aromatic rings. The molecule has 0 bridgehead atoms. The van der Waals surface area contributed by atoms with E-state index in [1.807, 2.05) is 36.0 Å². The zero-order chi connectivity index (χ0) is 25.4. The monoisotopic (exact) mass is 603 g/mol. The Morgan fingerprint density at radius 3 is 2.32 bits per heavy atom. The number of hydrogen-bond acceptors (Lipinski definition) is 7. The van der Waals surface area contributed by atoms with Crippen LogP contribution in [0.2, 0.25) is 0 Å². The summed E-state index contributed by atoms with van der Waals surface area (Å²) in [5, 5.41) is 2.01. The van der Waals surface area contributed by atoms with Crippen LogP contribution in [0.3, 0.4) is 0 Å². The molecule has 1 aliphatic rings. The number of Topliss-reactive ketones (excluding diaryl/α,β-unsaturated/α-hetero) is 1. The van der Waals surface area contributed by atoms with Gasteiger partial charge in [0.05, 0.1) is 16.4 Å². The second-order valence-corrected chi connectivity index (χ2v) is 13.0.